The van der Waals surface area contributed by atoms with Crippen LogP contribution in [-0.2, 0) is 37.5 Å². The Kier molecular flexibility index (Phi) is 11.8. The van der Waals surface area contributed by atoms with Crippen molar-refractivity contribution in [2.75, 3.05) is 32.8 Å². The summed E-state index contributed by atoms with van der Waals surface area (Å²) in [4.78, 5) is 26.6. The van der Waals surface area contributed by atoms with E-state index in [9.17, 15) is 28.2 Å². The molecule has 2 heterocycles. The molecular weight excluding hydrogens is 560 g/mol. The van der Waals surface area contributed by atoms with Crippen molar-refractivity contribution >= 4 is 22.0 Å². The standard InChI is InChI=1S/C30H48N4O7S/c1-21(2)16-27(35)29(37)25(17-22-8-4-3-5-9-22)32-28(36)19-31-30(38)26-18-23-10-6-7-11-24(23)20-34(26)42(39,40)33-12-14-41-15-13-33/h6-7,10-11,21-22,25-27,29,35,37H,3-5,8-9,12-20H2,1-2H3,(H,31,38)(H,32,36)/t25-,26-,27-,29+/m0/s1. The molecule has 2 amide bonds. The van der Waals surface area contributed by atoms with Crippen LogP contribution in [0.4, 0.5) is 0 Å². The fraction of sp³-hybridized carbons (Fsp3) is 0.733. The van der Waals surface area contributed by atoms with E-state index in [4.69, 9.17) is 4.74 Å². The second-order valence-electron chi connectivity index (χ2n) is 12.4. The molecule has 3 aliphatic rings. The van der Waals surface area contributed by atoms with Crippen molar-refractivity contribution in [3.63, 3.8) is 0 Å². The monoisotopic (exact) mass is 608 g/mol. The van der Waals surface area contributed by atoms with E-state index in [2.05, 4.69) is 10.6 Å². The minimum Gasteiger partial charge on any atom is -0.390 e. The topological polar surface area (TPSA) is 149 Å². The van der Waals surface area contributed by atoms with Gasteiger partial charge in [0.1, 0.15) is 12.1 Å². The molecule has 4 rings (SSSR count). The molecule has 4 N–H and O–H groups in total. The van der Waals surface area contributed by atoms with E-state index in [0.29, 0.717) is 32.0 Å². The number of carbonyl (C=O) groups excluding carboxylic acids is 2. The molecular formula is C30H48N4O7S. The zero-order chi connectivity index (χ0) is 30.3. The normalized spacial score (nSPS) is 23.1. The smallest absolute Gasteiger partial charge is 0.283 e. The van der Waals surface area contributed by atoms with E-state index in [-0.39, 0.29) is 38.5 Å². The maximum atomic E-state index is 13.6. The Balaban J connectivity index is 1.43. The molecule has 0 bridgehead atoms. The Morgan fingerprint density at radius 2 is 1.71 bits per heavy atom. The maximum Gasteiger partial charge on any atom is 0.283 e. The first-order chi connectivity index (χ1) is 20.1. The molecule has 0 spiro atoms. The molecule has 1 saturated heterocycles. The molecule has 1 aromatic rings. The second-order valence-corrected chi connectivity index (χ2v) is 14.3. The number of hydrogen-bond donors (Lipinski definition) is 4. The lowest BCUT2D eigenvalue weighted by molar-refractivity contribution is -0.129. The van der Waals surface area contributed by atoms with Gasteiger partial charge in [0.25, 0.3) is 10.2 Å². The number of nitrogens with one attached hydrogen (secondary N) is 2. The molecule has 1 aromatic carbocycles. The van der Waals surface area contributed by atoms with Gasteiger partial charge in [-0.25, -0.2) is 0 Å². The van der Waals surface area contributed by atoms with Crippen LogP contribution in [0.15, 0.2) is 24.3 Å². The summed E-state index contributed by atoms with van der Waals surface area (Å²) in [6, 6.07) is 5.80. The SMILES string of the molecule is CC(C)C[C@H](O)[C@H](O)[C@H](CC1CCCCC1)NC(=O)CNC(=O)[C@@H]1Cc2ccccc2CN1S(=O)(=O)N1CCOCC1. The van der Waals surface area contributed by atoms with Crippen LogP contribution >= 0.6 is 0 Å². The summed E-state index contributed by atoms with van der Waals surface area (Å²) < 4.78 is 35.2. The average Bonchev–Trinajstić information content (AvgIpc) is 2.99. The molecule has 12 heteroatoms. The minimum atomic E-state index is -3.96. The van der Waals surface area contributed by atoms with E-state index in [1.165, 1.54) is 15.0 Å². The first kappa shape index (κ1) is 32.8. The molecule has 0 unspecified atom stereocenters. The fourth-order valence-corrected chi connectivity index (χ4v) is 8.09. The predicted octanol–water partition coefficient (Wildman–Crippen LogP) is 1.33. The summed E-state index contributed by atoms with van der Waals surface area (Å²) in [7, 11) is -3.96. The van der Waals surface area contributed by atoms with Crippen molar-refractivity contribution in [1.29, 1.82) is 0 Å². The molecule has 236 valence electrons. The molecule has 0 radical (unpaired) electrons. The number of nitrogens with zero attached hydrogens (tertiary/aromatic N) is 2. The third kappa shape index (κ3) is 8.51. The van der Waals surface area contributed by atoms with Gasteiger partial charge in [0.2, 0.25) is 11.8 Å². The van der Waals surface area contributed by atoms with Crippen LogP contribution in [0.5, 0.6) is 0 Å². The first-order valence-corrected chi connectivity index (χ1v) is 16.8. The van der Waals surface area contributed by atoms with Crippen LogP contribution in [0.1, 0.15) is 69.9 Å². The highest BCUT2D eigenvalue weighted by molar-refractivity contribution is 7.86. The third-order valence-electron chi connectivity index (χ3n) is 8.70. The van der Waals surface area contributed by atoms with Crippen LogP contribution in [0.3, 0.4) is 0 Å². The Morgan fingerprint density at radius 1 is 1.05 bits per heavy atom. The number of rotatable bonds is 12. The minimum absolute atomic E-state index is 0.0591. The number of hydrogen-bond acceptors (Lipinski definition) is 7. The zero-order valence-electron chi connectivity index (χ0n) is 24.9. The molecule has 2 aliphatic heterocycles. The van der Waals surface area contributed by atoms with Crippen LogP contribution in [0, 0.1) is 11.8 Å². The van der Waals surface area contributed by atoms with Crippen molar-refractivity contribution in [3.8, 4) is 0 Å². The van der Waals surface area contributed by atoms with Gasteiger partial charge in [0.05, 0.1) is 31.9 Å². The Labute approximate surface area is 250 Å². The lowest BCUT2D eigenvalue weighted by atomic mass is 9.82. The summed E-state index contributed by atoms with van der Waals surface area (Å²) in [6.07, 6.45) is 4.50. The van der Waals surface area contributed by atoms with Gasteiger partial charge in [-0.1, -0.05) is 70.2 Å². The van der Waals surface area contributed by atoms with Gasteiger partial charge in [0, 0.05) is 19.6 Å². The van der Waals surface area contributed by atoms with Gasteiger partial charge in [-0.3, -0.25) is 9.59 Å². The average molecular weight is 609 g/mol. The number of aliphatic hydroxyl groups excluding tert-OH is 2. The third-order valence-corrected chi connectivity index (χ3v) is 10.7. The highest BCUT2D eigenvalue weighted by Crippen LogP contribution is 2.30. The summed E-state index contributed by atoms with van der Waals surface area (Å²) in [6.45, 7) is 4.63. The molecule has 0 aromatic heterocycles. The van der Waals surface area contributed by atoms with Crippen LogP contribution in [0.25, 0.3) is 0 Å². The van der Waals surface area contributed by atoms with Crippen LogP contribution in [-0.4, -0.2) is 96.2 Å². The zero-order valence-corrected chi connectivity index (χ0v) is 25.7. The van der Waals surface area contributed by atoms with Crippen molar-refractivity contribution in [2.45, 2.75) is 96.1 Å². The van der Waals surface area contributed by atoms with Gasteiger partial charge in [0.15, 0.2) is 0 Å². The van der Waals surface area contributed by atoms with E-state index < -0.39 is 46.3 Å². The van der Waals surface area contributed by atoms with E-state index in [1.54, 1.807) is 0 Å². The number of amides is 2. The summed E-state index contributed by atoms with van der Waals surface area (Å²) >= 11 is 0. The quantitative estimate of drug-likeness (QED) is 0.280. The van der Waals surface area contributed by atoms with Gasteiger partial charge < -0.3 is 25.6 Å². The van der Waals surface area contributed by atoms with E-state index in [1.807, 2.05) is 38.1 Å². The number of morpholine rings is 1. The van der Waals surface area contributed by atoms with Crippen LogP contribution < -0.4 is 10.6 Å². The molecule has 1 aliphatic carbocycles. The van der Waals surface area contributed by atoms with Crippen molar-refractivity contribution in [2.24, 2.45) is 11.8 Å². The van der Waals surface area contributed by atoms with E-state index >= 15 is 0 Å². The molecule has 2 fully saturated rings. The van der Waals surface area contributed by atoms with Crippen molar-refractivity contribution in [1.82, 2.24) is 19.2 Å². The summed E-state index contributed by atoms with van der Waals surface area (Å²) in [5, 5.41) is 27.1. The molecule has 1 saturated carbocycles. The number of aliphatic hydroxyl groups is 2. The molecule has 42 heavy (non-hydrogen) atoms. The number of carbonyl (C=O) groups is 2. The Hall–Kier alpha value is -2.09. The van der Waals surface area contributed by atoms with Crippen molar-refractivity contribution < 1.29 is 33.0 Å². The van der Waals surface area contributed by atoms with Gasteiger partial charge in [-0.2, -0.15) is 17.0 Å². The lowest BCUT2D eigenvalue weighted by Gasteiger charge is -2.39. The highest BCUT2D eigenvalue weighted by atomic mass is 32.2. The Bertz CT molecular complexity index is 1150. The van der Waals surface area contributed by atoms with Gasteiger partial charge in [-0.15, -0.1) is 0 Å². The Morgan fingerprint density at radius 3 is 2.38 bits per heavy atom. The first-order valence-electron chi connectivity index (χ1n) is 15.4. The lowest BCUT2D eigenvalue weighted by Crippen LogP contribution is -2.58. The van der Waals surface area contributed by atoms with Gasteiger partial charge in [-0.05, 0) is 42.2 Å². The second kappa shape index (κ2) is 15.1. The van der Waals surface area contributed by atoms with Crippen LogP contribution in [0.2, 0.25) is 0 Å². The van der Waals surface area contributed by atoms with Gasteiger partial charge >= 0.3 is 0 Å². The molecule has 11 nitrogen and oxygen atoms in total. The summed E-state index contributed by atoms with van der Waals surface area (Å²) in [5.74, 6) is -0.516. The maximum absolute atomic E-state index is 13.6. The molecule has 4 atom stereocenters. The van der Waals surface area contributed by atoms with E-state index in [0.717, 1.165) is 36.8 Å². The predicted molar refractivity (Wildman–Crippen MR) is 158 cm³/mol. The number of benzene rings is 1. The number of ether oxygens (including phenoxy) is 1. The number of fused-ring (bicyclic) bond motifs is 1. The highest BCUT2D eigenvalue weighted by Gasteiger charge is 2.42. The van der Waals surface area contributed by atoms with Crippen molar-refractivity contribution in [3.05, 3.63) is 35.4 Å². The fourth-order valence-electron chi connectivity index (χ4n) is 6.39. The summed E-state index contributed by atoms with van der Waals surface area (Å²) in [5.41, 5.74) is 1.74. The largest absolute Gasteiger partial charge is 0.390 e.